The maximum absolute atomic E-state index is 13.6. The van der Waals surface area contributed by atoms with Crippen molar-refractivity contribution in [3.8, 4) is 17.1 Å². The number of carboxylic acids is 1. The topological polar surface area (TPSA) is 164 Å². The number of amides is 1. The third kappa shape index (κ3) is 6.77. The molecule has 268 valence electrons. The number of aliphatic hydroxyl groups is 1. The van der Waals surface area contributed by atoms with Gasteiger partial charge in [0.15, 0.2) is 5.60 Å². The quantitative estimate of drug-likeness (QED) is 0.228. The van der Waals surface area contributed by atoms with E-state index in [0.29, 0.717) is 29.2 Å². The number of benzene rings is 2. The molecule has 0 spiro atoms. The van der Waals surface area contributed by atoms with E-state index in [2.05, 4.69) is 10.2 Å². The van der Waals surface area contributed by atoms with Gasteiger partial charge in [-0.3, -0.25) is 14.6 Å². The molecule has 16 heteroatoms. The zero-order chi connectivity index (χ0) is 36.7. The SMILES string of the molecule is CC[C@@]1(O)C(=O)OCc2c1cc1n(c2=O)Cc2cc3c(CN4CCNCC4)c(OC(=O)N(C)c4ccccc4)ccc3nc2-1.O=C(O)C(F)(F)F. The van der Waals surface area contributed by atoms with Crippen molar-refractivity contribution in [2.45, 2.75) is 44.8 Å². The molecule has 4 aromatic rings. The summed E-state index contributed by atoms with van der Waals surface area (Å²) in [6.45, 7) is 5.77. The van der Waals surface area contributed by atoms with Crippen molar-refractivity contribution >= 4 is 34.6 Å². The summed E-state index contributed by atoms with van der Waals surface area (Å²) < 4.78 is 44.6. The summed E-state index contributed by atoms with van der Waals surface area (Å²) in [6, 6.07) is 16.6. The Morgan fingerprint density at radius 2 is 1.78 bits per heavy atom. The van der Waals surface area contributed by atoms with Gasteiger partial charge in [-0.1, -0.05) is 25.1 Å². The molecule has 0 bridgehead atoms. The molecule has 51 heavy (non-hydrogen) atoms. The second-order valence-electron chi connectivity index (χ2n) is 12.3. The molecule has 3 aliphatic rings. The first-order valence-corrected chi connectivity index (χ1v) is 16.1. The third-order valence-electron chi connectivity index (χ3n) is 9.21. The highest BCUT2D eigenvalue weighted by atomic mass is 19.4. The van der Waals surface area contributed by atoms with Crippen molar-refractivity contribution in [2.24, 2.45) is 0 Å². The zero-order valence-electron chi connectivity index (χ0n) is 27.6. The molecule has 1 fully saturated rings. The Labute approximate surface area is 288 Å². The summed E-state index contributed by atoms with van der Waals surface area (Å²) in [7, 11) is 1.68. The number of halogens is 3. The van der Waals surface area contributed by atoms with Gasteiger partial charge in [0.1, 0.15) is 12.4 Å². The van der Waals surface area contributed by atoms with E-state index in [1.165, 1.54) is 4.90 Å². The van der Waals surface area contributed by atoms with E-state index in [1.807, 2.05) is 42.5 Å². The van der Waals surface area contributed by atoms with Gasteiger partial charge in [0.2, 0.25) is 0 Å². The molecule has 1 amide bonds. The number of ether oxygens (including phenoxy) is 2. The highest BCUT2D eigenvalue weighted by Gasteiger charge is 2.45. The first kappa shape index (κ1) is 35.5. The number of esters is 1. The van der Waals surface area contributed by atoms with Crippen LogP contribution in [0.4, 0.5) is 23.7 Å². The van der Waals surface area contributed by atoms with E-state index in [1.54, 1.807) is 30.7 Å². The number of carboxylic acid groups (broad SMARTS) is 1. The van der Waals surface area contributed by atoms with Gasteiger partial charge in [-0.25, -0.2) is 19.4 Å². The number of pyridine rings is 2. The highest BCUT2D eigenvalue weighted by molar-refractivity contribution is 5.92. The molecule has 7 rings (SSSR count). The van der Waals surface area contributed by atoms with Crippen LogP contribution in [-0.4, -0.2) is 82.1 Å². The van der Waals surface area contributed by atoms with Gasteiger partial charge in [-0.05, 0) is 42.8 Å². The first-order valence-electron chi connectivity index (χ1n) is 16.1. The molecule has 1 atom stereocenters. The standard InChI is InChI=1S/C33H33N5O6.C2HF3O2/c1-3-33(42)25-16-27-29-20(17-38(27)30(39)24(25)19-43-31(33)40)15-22-23(18-37-13-11-34-12-14-37)28(10-9-26(22)35-29)44-32(41)36(2)21-7-5-4-6-8-21;3-2(4,5)1(6)7/h4-10,15-16,34,42H,3,11-14,17-19H2,1-2H3;(H,6,7)/t33-;/m0./s1. The van der Waals surface area contributed by atoms with Crippen molar-refractivity contribution in [2.75, 3.05) is 38.1 Å². The summed E-state index contributed by atoms with van der Waals surface area (Å²) in [5.41, 5.74) is 2.63. The molecular formula is C35H34F3N5O8. The Morgan fingerprint density at radius 3 is 2.43 bits per heavy atom. The van der Waals surface area contributed by atoms with Crippen LogP contribution in [0.15, 0.2) is 59.4 Å². The van der Waals surface area contributed by atoms with Gasteiger partial charge < -0.3 is 29.6 Å². The normalized spacial score (nSPS) is 18.1. The van der Waals surface area contributed by atoms with Crippen molar-refractivity contribution in [3.05, 3.63) is 87.2 Å². The lowest BCUT2D eigenvalue weighted by Gasteiger charge is -2.31. The number of anilines is 1. The van der Waals surface area contributed by atoms with E-state index in [9.17, 15) is 32.7 Å². The highest BCUT2D eigenvalue weighted by Crippen LogP contribution is 2.40. The van der Waals surface area contributed by atoms with Crippen LogP contribution in [0.25, 0.3) is 22.3 Å². The van der Waals surface area contributed by atoms with Gasteiger partial charge in [0.05, 0.1) is 29.0 Å². The predicted octanol–water partition coefficient (Wildman–Crippen LogP) is 3.75. The Kier molecular flexibility index (Phi) is 9.59. The Hall–Kier alpha value is -5.32. The minimum atomic E-state index is -5.08. The number of cyclic esters (lactones) is 1. The zero-order valence-corrected chi connectivity index (χ0v) is 27.6. The van der Waals surface area contributed by atoms with Crippen molar-refractivity contribution < 1.29 is 47.2 Å². The number of fused-ring (bicyclic) bond motifs is 5. The largest absolute Gasteiger partial charge is 0.490 e. The van der Waals surface area contributed by atoms with Gasteiger partial charge in [-0.2, -0.15) is 13.2 Å². The number of carbonyl (C=O) groups excluding carboxylic acids is 2. The minimum absolute atomic E-state index is 0.0794. The number of carbonyl (C=O) groups is 3. The maximum Gasteiger partial charge on any atom is 0.490 e. The lowest BCUT2D eigenvalue weighted by atomic mass is 9.86. The minimum Gasteiger partial charge on any atom is -0.475 e. The van der Waals surface area contributed by atoms with Crippen LogP contribution in [0.2, 0.25) is 0 Å². The summed E-state index contributed by atoms with van der Waals surface area (Å²) in [5, 5.41) is 22.5. The average Bonchev–Trinajstić information content (AvgIpc) is 3.48. The van der Waals surface area contributed by atoms with Gasteiger partial charge in [-0.15, -0.1) is 0 Å². The number of para-hydroxylation sites is 1. The molecule has 13 nitrogen and oxygen atoms in total. The molecule has 1 saturated heterocycles. The van der Waals surface area contributed by atoms with Crippen molar-refractivity contribution in [1.29, 1.82) is 0 Å². The third-order valence-corrected chi connectivity index (χ3v) is 9.21. The molecule has 0 unspecified atom stereocenters. The molecule has 5 heterocycles. The van der Waals surface area contributed by atoms with Crippen LogP contribution in [-0.2, 0) is 39.6 Å². The molecular weight excluding hydrogens is 675 g/mol. The molecule has 0 saturated carbocycles. The lowest BCUT2D eigenvalue weighted by Crippen LogP contribution is -2.44. The molecule has 2 aromatic carbocycles. The molecule has 2 aromatic heterocycles. The summed E-state index contributed by atoms with van der Waals surface area (Å²) in [6.07, 6.45) is -5.51. The molecule has 3 N–H and O–H groups in total. The summed E-state index contributed by atoms with van der Waals surface area (Å²) in [5.74, 6) is -3.05. The fourth-order valence-corrected chi connectivity index (χ4v) is 6.36. The number of nitrogens with one attached hydrogen (secondary N) is 1. The predicted molar refractivity (Wildman–Crippen MR) is 177 cm³/mol. The first-order chi connectivity index (χ1) is 24.2. The summed E-state index contributed by atoms with van der Waals surface area (Å²) in [4.78, 5) is 57.1. The number of piperazine rings is 1. The number of nitrogens with zero attached hydrogens (tertiary/aromatic N) is 4. The molecule has 0 aliphatic carbocycles. The second-order valence-corrected chi connectivity index (χ2v) is 12.3. The van der Waals surface area contributed by atoms with Gasteiger partial charge in [0, 0.05) is 67.5 Å². The number of hydrogen-bond donors (Lipinski definition) is 3. The van der Waals surface area contributed by atoms with Crippen LogP contribution < -0.4 is 20.5 Å². The monoisotopic (exact) mass is 709 g/mol. The van der Waals surface area contributed by atoms with Crippen LogP contribution in [0.3, 0.4) is 0 Å². The Balaban J connectivity index is 0.000000582. The Morgan fingerprint density at radius 1 is 1.10 bits per heavy atom. The fourth-order valence-electron chi connectivity index (χ4n) is 6.36. The number of rotatable bonds is 5. The molecule has 0 radical (unpaired) electrons. The van der Waals surface area contributed by atoms with Crippen molar-refractivity contribution in [1.82, 2.24) is 19.8 Å². The van der Waals surface area contributed by atoms with Crippen LogP contribution in [0.5, 0.6) is 5.75 Å². The second kappa shape index (κ2) is 13.8. The fraction of sp³-hybridized carbons (Fsp3) is 0.343. The van der Waals surface area contributed by atoms with Gasteiger partial charge in [0.25, 0.3) is 5.56 Å². The number of alkyl halides is 3. The van der Waals surface area contributed by atoms with E-state index >= 15 is 0 Å². The number of hydrogen-bond acceptors (Lipinski definition) is 10. The van der Waals surface area contributed by atoms with E-state index in [4.69, 9.17) is 24.4 Å². The lowest BCUT2D eigenvalue weighted by molar-refractivity contribution is -0.192. The van der Waals surface area contributed by atoms with Crippen LogP contribution in [0, 0.1) is 0 Å². The summed E-state index contributed by atoms with van der Waals surface area (Å²) >= 11 is 0. The number of aliphatic carboxylic acids is 1. The molecule has 3 aliphatic heterocycles. The van der Waals surface area contributed by atoms with E-state index in [0.717, 1.165) is 48.4 Å². The number of aromatic nitrogens is 2. The van der Waals surface area contributed by atoms with Crippen molar-refractivity contribution in [3.63, 3.8) is 0 Å². The average molecular weight is 710 g/mol. The smallest absolute Gasteiger partial charge is 0.475 e. The Bertz CT molecular complexity index is 2080. The van der Waals surface area contributed by atoms with Gasteiger partial charge >= 0.3 is 24.2 Å². The maximum atomic E-state index is 13.6. The van der Waals surface area contributed by atoms with Crippen LogP contribution in [0.1, 0.15) is 35.6 Å². The van der Waals surface area contributed by atoms with Crippen LogP contribution >= 0.6 is 0 Å². The van der Waals surface area contributed by atoms with E-state index in [-0.39, 0.29) is 36.3 Å². The van der Waals surface area contributed by atoms with E-state index < -0.39 is 29.8 Å².